The monoisotopic (exact) mass is 312 g/mol. The van der Waals surface area contributed by atoms with E-state index >= 15 is 0 Å². The predicted molar refractivity (Wildman–Crippen MR) is 86.1 cm³/mol. The fourth-order valence-corrected chi connectivity index (χ4v) is 5.13. The normalized spacial score (nSPS) is 23.2. The number of aromatic nitrogens is 2. The van der Waals surface area contributed by atoms with Crippen molar-refractivity contribution in [2.75, 3.05) is 5.75 Å². The molecule has 0 saturated heterocycles. The first-order valence-corrected chi connectivity index (χ1v) is 8.88. The molecule has 19 heavy (non-hydrogen) atoms. The van der Waals surface area contributed by atoms with Gasteiger partial charge in [-0.2, -0.15) is 11.8 Å². The average Bonchev–Trinajstić information content (AvgIpc) is 2.99. The van der Waals surface area contributed by atoms with Crippen LogP contribution in [0.3, 0.4) is 0 Å². The van der Waals surface area contributed by atoms with E-state index < -0.39 is 0 Å². The number of H-pyrrole nitrogens is 1. The van der Waals surface area contributed by atoms with Crippen molar-refractivity contribution in [3.05, 3.63) is 26.6 Å². The molecule has 2 aromatic rings. The van der Waals surface area contributed by atoms with E-state index in [0.717, 1.165) is 28.8 Å². The maximum absolute atomic E-state index is 12.5. The SMILES string of the molecule is CCSC1CCC(n2c(=S)[nH]c3sccc3c2=O)C1. The summed E-state index contributed by atoms with van der Waals surface area (Å²) in [5.74, 6) is 1.14. The first-order chi connectivity index (χ1) is 9.20. The third kappa shape index (κ3) is 2.41. The van der Waals surface area contributed by atoms with Crippen LogP contribution in [0.2, 0.25) is 0 Å². The molecule has 0 amide bonds. The molecule has 3 rings (SSSR count). The zero-order valence-electron chi connectivity index (χ0n) is 10.7. The molecule has 3 nitrogen and oxygen atoms in total. The molecule has 1 saturated carbocycles. The van der Waals surface area contributed by atoms with Gasteiger partial charge in [0.25, 0.3) is 5.56 Å². The Labute approximate surface area is 125 Å². The highest BCUT2D eigenvalue weighted by atomic mass is 32.2. The van der Waals surface area contributed by atoms with E-state index in [-0.39, 0.29) is 11.6 Å². The van der Waals surface area contributed by atoms with Gasteiger partial charge in [-0.3, -0.25) is 9.36 Å². The van der Waals surface area contributed by atoms with Gasteiger partial charge in [0.1, 0.15) is 4.83 Å². The van der Waals surface area contributed by atoms with E-state index in [0.29, 0.717) is 10.0 Å². The van der Waals surface area contributed by atoms with Gasteiger partial charge in [-0.1, -0.05) is 6.92 Å². The van der Waals surface area contributed by atoms with Gasteiger partial charge in [-0.05, 0) is 48.7 Å². The van der Waals surface area contributed by atoms with Crippen LogP contribution in [0.25, 0.3) is 10.2 Å². The van der Waals surface area contributed by atoms with Crippen LogP contribution in [0.5, 0.6) is 0 Å². The highest BCUT2D eigenvalue weighted by Crippen LogP contribution is 2.36. The topological polar surface area (TPSA) is 37.8 Å². The Hall–Kier alpha value is -0.590. The number of hydrogen-bond acceptors (Lipinski definition) is 4. The molecule has 2 aromatic heterocycles. The number of thiophene rings is 1. The first kappa shape index (κ1) is 13.4. The lowest BCUT2D eigenvalue weighted by molar-refractivity contribution is 0.494. The number of nitrogens with zero attached hydrogens (tertiary/aromatic N) is 1. The Morgan fingerprint density at radius 2 is 2.42 bits per heavy atom. The highest BCUT2D eigenvalue weighted by molar-refractivity contribution is 7.99. The largest absolute Gasteiger partial charge is 0.323 e. The number of thioether (sulfide) groups is 1. The zero-order chi connectivity index (χ0) is 13.4. The first-order valence-electron chi connectivity index (χ1n) is 6.54. The van der Waals surface area contributed by atoms with Crippen molar-refractivity contribution < 1.29 is 0 Å². The van der Waals surface area contributed by atoms with Crippen molar-refractivity contribution in [3.8, 4) is 0 Å². The molecule has 0 spiro atoms. The third-order valence-corrected chi connectivity index (χ3v) is 6.04. The van der Waals surface area contributed by atoms with Crippen molar-refractivity contribution in [1.82, 2.24) is 9.55 Å². The molecule has 1 fully saturated rings. The summed E-state index contributed by atoms with van der Waals surface area (Å²) in [5.41, 5.74) is 0.0761. The summed E-state index contributed by atoms with van der Waals surface area (Å²) in [6, 6.07) is 2.15. The molecule has 102 valence electrons. The molecule has 0 aliphatic heterocycles. The van der Waals surface area contributed by atoms with Crippen LogP contribution in [0.1, 0.15) is 32.2 Å². The summed E-state index contributed by atoms with van der Waals surface area (Å²) >= 11 is 8.91. The summed E-state index contributed by atoms with van der Waals surface area (Å²) in [6.07, 6.45) is 3.31. The molecule has 2 heterocycles. The highest BCUT2D eigenvalue weighted by Gasteiger charge is 2.27. The van der Waals surface area contributed by atoms with Crippen LogP contribution in [-0.4, -0.2) is 20.6 Å². The van der Waals surface area contributed by atoms with Crippen molar-refractivity contribution in [2.45, 2.75) is 37.5 Å². The average molecular weight is 312 g/mol. The summed E-state index contributed by atoms with van der Waals surface area (Å²) in [7, 11) is 0. The molecular weight excluding hydrogens is 296 g/mol. The smallest absolute Gasteiger partial charge is 0.263 e. The van der Waals surface area contributed by atoms with Gasteiger partial charge in [0.15, 0.2) is 4.77 Å². The van der Waals surface area contributed by atoms with Gasteiger partial charge in [-0.15, -0.1) is 11.3 Å². The molecule has 1 aliphatic carbocycles. The Bertz CT molecular complexity index is 700. The lowest BCUT2D eigenvalue weighted by atomic mass is 10.2. The van der Waals surface area contributed by atoms with Crippen LogP contribution < -0.4 is 5.56 Å². The Morgan fingerprint density at radius 3 is 3.21 bits per heavy atom. The summed E-state index contributed by atoms with van der Waals surface area (Å²) in [4.78, 5) is 16.6. The second-order valence-corrected chi connectivity index (χ2v) is 7.69. The molecule has 0 bridgehead atoms. The van der Waals surface area contributed by atoms with Crippen molar-refractivity contribution >= 4 is 45.5 Å². The molecule has 2 atom stereocenters. The molecule has 0 radical (unpaired) electrons. The maximum atomic E-state index is 12.5. The van der Waals surface area contributed by atoms with Gasteiger partial charge in [0, 0.05) is 11.3 Å². The lowest BCUT2D eigenvalue weighted by Gasteiger charge is -2.14. The lowest BCUT2D eigenvalue weighted by Crippen LogP contribution is -2.25. The molecular formula is C13H16N2OS3. The predicted octanol–water partition coefficient (Wildman–Crippen LogP) is 3.97. The van der Waals surface area contributed by atoms with E-state index in [1.807, 2.05) is 23.2 Å². The standard InChI is InChI=1S/C13H16N2OS3/c1-2-18-9-4-3-8(7-9)15-12(16)10-5-6-19-11(10)14-13(15)17/h5-6,8-9H,2-4,7H2,1H3,(H,14,17). The van der Waals surface area contributed by atoms with E-state index in [2.05, 4.69) is 11.9 Å². The molecule has 6 heteroatoms. The van der Waals surface area contributed by atoms with Gasteiger partial charge in [-0.25, -0.2) is 0 Å². The fraction of sp³-hybridized carbons (Fsp3) is 0.538. The van der Waals surface area contributed by atoms with Crippen molar-refractivity contribution in [1.29, 1.82) is 0 Å². The number of fused-ring (bicyclic) bond motifs is 1. The van der Waals surface area contributed by atoms with Crippen LogP contribution in [-0.2, 0) is 0 Å². The molecule has 1 aliphatic rings. The van der Waals surface area contributed by atoms with Gasteiger partial charge in [0.05, 0.1) is 5.39 Å². The number of rotatable bonds is 3. The summed E-state index contributed by atoms with van der Waals surface area (Å²) < 4.78 is 2.38. The van der Waals surface area contributed by atoms with Crippen molar-refractivity contribution in [3.63, 3.8) is 0 Å². The van der Waals surface area contributed by atoms with Crippen LogP contribution in [0.4, 0.5) is 0 Å². The Balaban J connectivity index is 2.01. The van der Waals surface area contributed by atoms with E-state index in [1.165, 1.54) is 17.8 Å². The Morgan fingerprint density at radius 1 is 1.58 bits per heavy atom. The maximum Gasteiger partial charge on any atom is 0.263 e. The summed E-state index contributed by atoms with van der Waals surface area (Å²) in [6.45, 7) is 2.19. The molecule has 1 N–H and O–H groups in total. The minimum atomic E-state index is 0.0761. The second-order valence-electron chi connectivity index (χ2n) is 4.81. The summed E-state index contributed by atoms with van der Waals surface area (Å²) in [5, 5.41) is 3.38. The van der Waals surface area contributed by atoms with Gasteiger partial charge >= 0.3 is 0 Å². The van der Waals surface area contributed by atoms with Crippen LogP contribution in [0.15, 0.2) is 16.2 Å². The third-order valence-electron chi connectivity index (χ3n) is 3.68. The minimum absolute atomic E-state index is 0.0761. The quantitative estimate of drug-likeness (QED) is 0.872. The van der Waals surface area contributed by atoms with E-state index in [9.17, 15) is 4.79 Å². The van der Waals surface area contributed by atoms with Crippen LogP contribution >= 0.6 is 35.3 Å². The van der Waals surface area contributed by atoms with Crippen molar-refractivity contribution in [2.24, 2.45) is 0 Å². The fourth-order valence-electron chi connectivity index (χ4n) is 2.82. The zero-order valence-corrected chi connectivity index (χ0v) is 13.2. The number of nitrogens with one attached hydrogen (secondary N) is 1. The number of hydrogen-bond donors (Lipinski definition) is 1. The second kappa shape index (κ2) is 5.42. The Kier molecular flexibility index (Phi) is 3.82. The van der Waals surface area contributed by atoms with E-state index in [1.54, 1.807) is 4.57 Å². The molecule has 2 unspecified atom stereocenters. The minimum Gasteiger partial charge on any atom is -0.323 e. The number of aromatic amines is 1. The van der Waals surface area contributed by atoms with E-state index in [4.69, 9.17) is 12.2 Å². The van der Waals surface area contributed by atoms with Gasteiger partial charge < -0.3 is 4.98 Å². The van der Waals surface area contributed by atoms with Crippen LogP contribution in [0, 0.1) is 4.77 Å². The molecule has 0 aromatic carbocycles. The van der Waals surface area contributed by atoms with Gasteiger partial charge in [0.2, 0.25) is 0 Å².